The summed E-state index contributed by atoms with van der Waals surface area (Å²) in [5.74, 6) is 0.553. The lowest BCUT2D eigenvalue weighted by Crippen LogP contribution is -1.89. The van der Waals surface area contributed by atoms with Crippen LogP contribution in [0, 0.1) is 6.92 Å². The van der Waals surface area contributed by atoms with Crippen molar-refractivity contribution in [2.24, 2.45) is 0 Å². The maximum atomic E-state index is 12.6. The largest absolute Gasteiger partial charge is 0.334 e. The van der Waals surface area contributed by atoms with Crippen LogP contribution in [0.25, 0.3) is 11.5 Å². The Hall–Kier alpha value is -1.78. The van der Waals surface area contributed by atoms with Gasteiger partial charge in [0.05, 0.1) is 0 Å². The minimum Gasteiger partial charge on any atom is -0.334 e. The van der Waals surface area contributed by atoms with Crippen molar-refractivity contribution >= 4 is 0 Å². The van der Waals surface area contributed by atoms with Crippen molar-refractivity contribution in [3.63, 3.8) is 0 Å². The molecule has 0 fully saturated rings. The second-order valence-corrected chi connectivity index (χ2v) is 3.03. The molecule has 0 spiro atoms. The molecular weight excluding hydrogens is 202 g/mol. The number of aryl methyl sites for hydroxylation is 1. The molecule has 1 aromatic heterocycles. The summed E-state index contributed by atoms with van der Waals surface area (Å²) < 4.78 is 30.1. The van der Waals surface area contributed by atoms with Gasteiger partial charge in [0.2, 0.25) is 0 Å². The van der Waals surface area contributed by atoms with E-state index in [0.29, 0.717) is 5.82 Å². The molecule has 15 heavy (non-hydrogen) atoms. The van der Waals surface area contributed by atoms with Gasteiger partial charge in [0, 0.05) is 11.1 Å². The lowest BCUT2D eigenvalue weighted by molar-refractivity contribution is 0.151. The van der Waals surface area contributed by atoms with Crippen LogP contribution in [0.5, 0.6) is 0 Å². The number of benzene rings is 1. The highest BCUT2D eigenvalue weighted by Crippen LogP contribution is 2.29. The van der Waals surface area contributed by atoms with Gasteiger partial charge in [-0.05, 0) is 13.0 Å². The summed E-state index contributed by atoms with van der Waals surface area (Å²) in [5, 5.41) is 3.56. The summed E-state index contributed by atoms with van der Waals surface area (Å²) in [4.78, 5) is 3.91. The van der Waals surface area contributed by atoms with Crippen LogP contribution in [-0.4, -0.2) is 10.1 Å². The molecule has 0 unspecified atom stereocenters. The van der Waals surface area contributed by atoms with Crippen LogP contribution in [0.1, 0.15) is 17.8 Å². The van der Waals surface area contributed by atoms with Gasteiger partial charge in [-0.15, -0.1) is 0 Å². The number of aromatic nitrogens is 2. The Labute approximate surface area is 84.7 Å². The summed E-state index contributed by atoms with van der Waals surface area (Å²) in [6.45, 7) is 1.64. The molecule has 0 aliphatic rings. The fraction of sp³-hybridized carbons (Fsp3) is 0.200. The highest BCUT2D eigenvalue weighted by Gasteiger charge is 2.17. The van der Waals surface area contributed by atoms with Gasteiger partial charge < -0.3 is 4.52 Å². The van der Waals surface area contributed by atoms with E-state index in [2.05, 4.69) is 10.1 Å². The van der Waals surface area contributed by atoms with E-state index in [1.54, 1.807) is 19.1 Å². The Morgan fingerprint density at radius 3 is 2.60 bits per heavy atom. The Morgan fingerprint density at radius 1 is 1.27 bits per heavy atom. The average molecular weight is 210 g/mol. The minimum atomic E-state index is -2.55. The molecule has 5 heteroatoms. The van der Waals surface area contributed by atoms with E-state index >= 15 is 0 Å². The maximum Gasteiger partial charge on any atom is 0.264 e. The molecule has 78 valence electrons. The number of hydrogen-bond acceptors (Lipinski definition) is 3. The Bertz CT molecular complexity index is 468. The van der Waals surface area contributed by atoms with Crippen LogP contribution >= 0.6 is 0 Å². The first-order valence-electron chi connectivity index (χ1n) is 4.36. The van der Waals surface area contributed by atoms with Gasteiger partial charge in [0.1, 0.15) is 0 Å². The predicted molar refractivity (Wildman–Crippen MR) is 49.4 cm³/mol. The minimum absolute atomic E-state index is 0.0962. The Kier molecular flexibility index (Phi) is 2.45. The lowest BCUT2D eigenvalue weighted by atomic mass is 10.1. The van der Waals surface area contributed by atoms with Gasteiger partial charge >= 0.3 is 0 Å². The molecule has 2 rings (SSSR count). The topological polar surface area (TPSA) is 38.9 Å². The zero-order valence-electron chi connectivity index (χ0n) is 7.95. The van der Waals surface area contributed by atoms with Crippen LogP contribution < -0.4 is 0 Å². The van der Waals surface area contributed by atoms with E-state index in [4.69, 9.17) is 4.52 Å². The second kappa shape index (κ2) is 3.76. The molecule has 0 amide bonds. The number of rotatable bonds is 2. The molecule has 1 heterocycles. The van der Waals surface area contributed by atoms with Gasteiger partial charge in [0.25, 0.3) is 12.3 Å². The fourth-order valence-corrected chi connectivity index (χ4v) is 1.29. The second-order valence-electron chi connectivity index (χ2n) is 3.03. The van der Waals surface area contributed by atoms with E-state index in [1.165, 1.54) is 12.1 Å². The first-order chi connectivity index (χ1) is 7.18. The normalized spacial score (nSPS) is 10.9. The van der Waals surface area contributed by atoms with Gasteiger partial charge in [-0.2, -0.15) is 4.98 Å². The van der Waals surface area contributed by atoms with Crippen molar-refractivity contribution in [1.29, 1.82) is 0 Å². The van der Waals surface area contributed by atoms with Crippen LogP contribution in [0.2, 0.25) is 0 Å². The van der Waals surface area contributed by atoms with Gasteiger partial charge in [0.15, 0.2) is 5.82 Å². The van der Waals surface area contributed by atoms with Crippen molar-refractivity contribution in [3.05, 3.63) is 35.7 Å². The number of nitrogens with zero attached hydrogens (tertiary/aromatic N) is 2. The smallest absolute Gasteiger partial charge is 0.264 e. The van der Waals surface area contributed by atoms with Crippen LogP contribution in [0.4, 0.5) is 8.78 Å². The molecule has 1 aromatic carbocycles. The number of hydrogen-bond donors (Lipinski definition) is 0. The SMILES string of the molecule is Cc1noc(-c2ccccc2C(F)F)n1. The monoisotopic (exact) mass is 210 g/mol. The zero-order valence-corrected chi connectivity index (χ0v) is 7.95. The first-order valence-corrected chi connectivity index (χ1v) is 4.36. The molecule has 0 atom stereocenters. The summed E-state index contributed by atoms with van der Waals surface area (Å²) in [6.07, 6.45) is -2.55. The lowest BCUT2D eigenvalue weighted by Gasteiger charge is -2.03. The molecule has 0 aliphatic carbocycles. The molecule has 0 bridgehead atoms. The van der Waals surface area contributed by atoms with Crippen molar-refractivity contribution in [1.82, 2.24) is 10.1 Å². The molecule has 0 aliphatic heterocycles. The van der Waals surface area contributed by atoms with E-state index in [1.807, 2.05) is 0 Å². The summed E-state index contributed by atoms with van der Waals surface area (Å²) in [6, 6.07) is 6.09. The first kappa shape index (κ1) is 9.76. The van der Waals surface area contributed by atoms with Crippen LogP contribution in [-0.2, 0) is 0 Å². The highest BCUT2D eigenvalue weighted by atomic mass is 19.3. The van der Waals surface area contributed by atoms with Crippen molar-refractivity contribution in [2.75, 3.05) is 0 Å². The van der Waals surface area contributed by atoms with Gasteiger partial charge in [-0.1, -0.05) is 23.4 Å². The van der Waals surface area contributed by atoms with Crippen molar-refractivity contribution < 1.29 is 13.3 Å². The van der Waals surface area contributed by atoms with E-state index in [0.717, 1.165) is 0 Å². The standard InChI is InChI=1S/C10H8F2N2O/c1-6-13-10(15-14-6)8-5-3-2-4-7(8)9(11)12/h2-5,9H,1H3. The molecule has 2 aromatic rings. The van der Waals surface area contributed by atoms with E-state index in [9.17, 15) is 8.78 Å². The third-order valence-electron chi connectivity index (χ3n) is 1.95. The van der Waals surface area contributed by atoms with E-state index in [-0.39, 0.29) is 17.0 Å². The summed E-state index contributed by atoms with van der Waals surface area (Å²) in [5.41, 5.74) is 0.189. The average Bonchev–Trinajstić information content (AvgIpc) is 2.65. The molecule has 0 N–H and O–H groups in total. The van der Waals surface area contributed by atoms with Crippen molar-refractivity contribution in [2.45, 2.75) is 13.3 Å². The van der Waals surface area contributed by atoms with Crippen LogP contribution in [0.15, 0.2) is 28.8 Å². The fourth-order valence-electron chi connectivity index (χ4n) is 1.29. The maximum absolute atomic E-state index is 12.6. The number of alkyl halides is 2. The Morgan fingerprint density at radius 2 is 2.00 bits per heavy atom. The van der Waals surface area contributed by atoms with Crippen LogP contribution in [0.3, 0.4) is 0 Å². The molecule has 3 nitrogen and oxygen atoms in total. The third-order valence-corrected chi connectivity index (χ3v) is 1.95. The highest BCUT2D eigenvalue weighted by molar-refractivity contribution is 5.58. The molecule has 0 saturated carbocycles. The van der Waals surface area contributed by atoms with E-state index < -0.39 is 6.43 Å². The summed E-state index contributed by atoms with van der Waals surface area (Å²) >= 11 is 0. The van der Waals surface area contributed by atoms with Gasteiger partial charge in [-0.3, -0.25) is 0 Å². The molecule has 0 saturated heterocycles. The quantitative estimate of drug-likeness (QED) is 0.764. The van der Waals surface area contributed by atoms with Gasteiger partial charge in [-0.25, -0.2) is 8.78 Å². The third kappa shape index (κ3) is 1.86. The summed E-state index contributed by atoms with van der Waals surface area (Å²) in [7, 11) is 0. The molecular formula is C10H8F2N2O. The zero-order chi connectivity index (χ0) is 10.8. The predicted octanol–water partition coefficient (Wildman–Crippen LogP) is 2.98. The number of halogens is 2. The Balaban J connectivity index is 2.52. The molecule has 0 radical (unpaired) electrons. The van der Waals surface area contributed by atoms with Crippen molar-refractivity contribution in [3.8, 4) is 11.5 Å².